The highest BCUT2D eigenvalue weighted by Crippen LogP contribution is 2.35. The van der Waals surface area contributed by atoms with Crippen LogP contribution in [0.25, 0.3) is 0 Å². The van der Waals surface area contributed by atoms with Gasteiger partial charge in [-0.05, 0) is 42.3 Å². The minimum atomic E-state index is 0.0820. The molecule has 3 nitrogen and oxygen atoms in total. The van der Waals surface area contributed by atoms with E-state index in [1.54, 1.807) is 17.5 Å². The molecule has 18 heavy (non-hydrogen) atoms. The van der Waals surface area contributed by atoms with Crippen LogP contribution in [-0.4, -0.2) is 11.1 Å². The van der Waals surface area contributed by atoms with Crippen LogP contribution in [0.15, 0.2) is 33.5 Å². The number of nitriles is 1. The van der Waals surface area contributed by atoms with Crippen molar-refractivity contribution in [2.75, 3.05) is 0 Å². The maximum Gasteiger partial charge on any atom is 0.133 e. The van der Waals surface area contributed by atoms with Crippen LogP contribution in [0.3, 0.4) is 0 Å². The number of allylic oxidation sites excluding steroid dienone is 3. The number of ether oxygens (including phenoxy) is 1. The standard InChI is InChI=1S/C13H13BrN2OS/c1-8(2)17-11-4-3-9(5-10(11)6-15)13-16-7-12(14)18-13/h3-4,7-9H,5H2,1-2H3. The second-order valence-electron chi connectivity index (χ2n) is 4.29. The molecule has 1 unspecified atom stereocenters. The van der Waals surface area contributed by atoms with Crippen molar-refractivity contribution in [1.82, 2.24) is 4.98 Å². The minimum absolute atomic E-state index is 0.0820. The monoisotopic (exact) mass is 324 g/mol. The summed E-state index contributed by atoms with van der Waals surface area (Å²) in [6.45, 7) is 3.92. The Balaban J connectivity index is 2.19. The molecular formula is C13H13BrN2OS. The minimum Gasteiger partial charge on any atom is -0.490 e. The lowest BCUT2D eigenvalue weighted by atomic mass is 9.94. The summed E-state index contributed by atoms with van der Waals surface area (Å²) >= 11 is 5.01. The van der Waals surface area contributed by atoms with Gasteiger partial charge in [-0.2, -0.15) is 5.26 Å². The zero-order valence-corrected chi connectivity index (χ0v) is 12.6. The van der Waals surface area contributed by atoms with Crippen LogP contribution in [-0.2, 0) is 4.74 Å². The third-order valence-electron chi connectivity index (χ3n) is 2.51. The maximum absolute atomic E-state index is 9.20. The molecule has 0 N–H and O–H groups in total. The highest BCUT2D eigenvalue weighted by atomic mass is 79.9. The fourth-order valence-electron chi connectivity index (χ4n) is 1.77. The summed E-state index contributed by atoms with van der Waals surface area (Å²) in [7, 11) is 0. The molecule has 0 aliphatic heterocycles. The fraction of sp³-hybridized carbons (Fsp3) is 0.385. The molecule has 0 radical (unpaired) electrons. The lowest BCUT2D eigenvalue weighted by Crippen LogP contribution is -2.09. The van der Waals surface area contributed by atoms with Crippen LogP contribution in [0.2, 0.25) is 0 Å². The smallest absolute Gasteiger partial charge is 0.133 e. The normalized spacial score (nSPS) is 19.2. The highest BCUT2D eigenvalue weighted by molar-refractivity contribution is 9.11. The molecular weight excluding hydrogens is 312 g/mol. The molecule has 0 bridgehead atoms. The third-order valence-corrected chi connectivity index (χ3v) is 4.12. The zero-order valence-electron chi connectivity index (χ0n) is 10.2. The number of hydrogen-bond acceptors (Lipinski definition) is 4. The molecule has 94 valence electrons. The number of rotatable bonds is 3. The summed E-state index contributed by atoms with van der Waals surface area (Å²) in [6, 6.07) is 2.23. The summed E-state index contributed by atoms with van der Waals surface area (Å²) in [5.74, 6) is 0.870. The van der Waals surface area contributed by atoms with Gasteiger partial charge < -0.3 is 4.74 Å². The van der Waals surface area contributed by atoms with Crippen LogP contribution >= 0.6 is 27.3 Å². The Bertz CT molecular complexity index is 539. The Labute approximate surface area is 119 Å². The first-order chi connectivity index (χ1) is 8.60. The lowest BCUT2D eigenvalue weighted by molar-refractivity contribution is 0.154. The second kappa shape index (κ2) is 5.68. The van der Waals surface area contributed by atoms with Gasteiger partial charge >= 0.3 is 0 Å². The van der Waals surface area contributed by atoms with Gasteiger partial charge in [0.1, 0.15) is 10.8 Å². The SMILES string of the molecule is CC(C)OC1=C(C#N)CC(c2ncc(Br)s2)C=C1. The van der Waals surface area contributed by atoms with Crippen LogP contribution in [0.1, 0.15) is 31.2 Å². The van der Waals surface area contributed by atoms with E-state index in [-0.39, 0.29) is 12.0 Å². The molecule has 0 saturated heterocycles. The van der Waals surface area contributed by atoms with Gasteiger partial charge in [0.05, 0.1) is 27.7 Å². The molecule has 0 fully saturated rings. The number of aromatic nitrogens is 1. The topological polar surface area (TPSA) is 45.9 Å². The molecule has 1 aliphatic carbocycles. The van der Waals surface area contributed by atoms with E-state index < -0.39 is 0 Å². The lowest BCUT2D eigenvalue weighted by Gasteiger charge is -2.19. The number of hydrogen-bond donors (Lipinski definition) is 0. The predicted molar refractivity (Wildman–Crippen MR) is 75.2 cm³/mol. The van der Waals surface area contributed by atoms with Crippen molar-refractivity contribution in [3.63, 3.8) is 0 Å². The Morgan fingerprint density at radius 1 is 1.61 bits per heavy atom. The van der Waals surface area contributed by atoms with Gasteiger partial charge in [-0.1, -0.05) is 6.08 Å². The fourth-order valence-corrected chi connectivity index (χ4v) is 3.09. The van der Waals surface area contributed by atoms with E-state index in [4.69, 9.17) is 4.74 Å². The van der Waals surface area contributed by atoms with Crippen LogP contribution in [0.5, 0.6) is 0 Å². The highest BCUT2D eigenvalue weighted by Gasteiger charge is 2.21. The van der Waals surface area contributed by atoms with Crippen molar-refractivity contribution < 1.29 is 4.74 Å². The number of thiazole rings is 1. The van der Waals surface area contributed by atoms with Crippen molar-refractivity contribution >= 4 is 27.3 Å². The van der Waals surface area contributed by atoms with Gasteiger partial charge in [-0.3, -0.25) is 0 Å². The van der Waals surface area contributed by atoms with Gasteiger partial charge in [0.15, 0.2) is 0 Å². The van der Waals surface area contributed by atoms with Gasteiger partial charge in [0, 0.05) is 5.92 Å². The summed E-state index contributed by atoms with van der Waals surface area (Å²) in [5.41, 5.74) is 0.697. The predicted octanol–water partition coefficient (Wildman–Crippen LogP) is 4.15. The maximum atomic E-state index is 9.20. The van der Waals surface area contributed by atoms with Crippen LogP contribution in [0.4, 0.5) is 0 Å². The average molecular weight is 325 g/mol. The Morgan fingerprint density at radius 3 is 2.94 bits per heavy atom. The molecule has 0 saturated carbocycles. The summed E-state index contributed by atoms with van der Waals surface area (Å²) < 4.78 is 6.64. The third kappa shape index (κ3) is 3.01. The first-order valence-corrected chi connectivity index (χ1v) is 7.30. The van der Waals surface area contributed by atoms with Gasteiger partial charge in [-0.15, -0.1) is 11.3 Å². The first-order valence-electron chi connectivity index (χ1n) is 5.69. The van der Waals surface area contributed by atoms with Crippen LogP contribution in [0, 0.1) is 11.3 Å². The molecule has 1 heterocycles. The Morgan fingerprint density at radius 2 is 2.39 bits per heavy atom. The molecule has 1 aromatic rings. The van der Waals surface area contributed by atoms with Crippen molar-refractivity contribution in [2.45, 2.75) is 32.3 Å². The van der Waals surface area contributed by atoms with Crippen molar-refractivity contribution in [2.24, 2.45) is 0 Å². The molecule has 1 aromatic heterocycles. The molecule has 1 aliphatic rings. The molecule has 0 amide bonds. The van der Waals surface area contributed by atoms with Crippen molar-refractivity contribution in [3.8, 4) is 6.07 Å². The van der Waals surface area contributed by atoms with E-state index >= 15 is 0 Å². The molecule has 2 rings (SSSR count). The van der Waals surface area contributed by atoms with Gasteiger partial charge in [0.25, 0.3) is 0 Å². The quantitative estimate of drug-likeness (QED) is 0.838. The van der Waals surface area contributed by atoms with E-state index in [9.17, 15) is 5.26 Å². The van der Waals surface area contributed by atoms with Crippen molar-refractivity contribution in [3.05, 3.63) is 38.5 Å². The van der Waals surface area contributed by atoms with E-state index in [2.05, 4.69) is 33.1 Å². The van der Waals surface area contributed by atoms with E-state index in [1.165, 1.54) is 0 Å². The number of nitrogens with zero attached hydrogens (tertiary/aromatic N) is 2. The average Bonchev–Trinajstić information content (AvgIpc) is 2.75. The van der Waals surface area contributed by atoms with Crippen LogP contribution < -0.4 is 0 Å². The first kappa shape index (κ1) is 13.3. The molecule has 1 atom stereocenters. The van der Waals surface area contributed by atoms with Gasteiger partial charge in [0.2, 0.25) is 0 Å². The Kier molecular flexibility index (Phi) is 4.20. The van der Waals surface area contributed by atoms with Gasteiger partial charge in [-0.25, -0.2) is 4.98 Å². The van der Waals surface area contributed by atoms with E-state index in [1.807, 2.05) is 19.9 Å². The molecule has 0 spiro atoms. The largest absolute Gasteiger partial charge is 0.490 e. The van der Waals surface area contributed by atoms with Crippen molar-refractivity contribution in [1.29, 1.82) is 5.26 Å². The van der Waals surface area contributed by atoms with E-state index in [0.29, 0.717) is 17.8 Å². The molecule has 0 aromatic carbocycles. The summed E-state index contributed by atoms with van der Waals surface area (Å²) in [5, 5.41) is 10.2. The Hall–Kier alpha value is -1.12. The summed E-state index contributed by atoms with van der Waals surface area (Å²) in [4.78, 5) is 4.34. The second-order valence-corrected chi connectivity index (χ2v) is 6.74. The summed E-state index contributed by atoms with van der Waals surface area (Å²) in [6.07, 6.45) is 6.49. The molecule has 5 heteroatoms. The van der Waals surface area contributed by atoms with E-state index in [0.717, 1.165) is 8.79 Å². The zero-order chi connectivity index (χ0) is 13.1. The number of halogens is 1.